The third-order valence-corrected chi connectivity index (χ3v) is 6.41. The number of nitrogens with one attached hydrogen (secondary N) is 2. The number of carbonyl (C=O) groups is 1. The van der Waals surface area contributed by atoms with Crippen LogP contribution in [0.5, 0.6) is 0 Å². The molecule has 0 saturated heterocycles. The van der Waals surface area contributed by atoms with Crippen LogP contribution in [0.4, 0.5) is 18.9 Å². The molecule has 2 saturated carbocycles. The van der Waals surface area contributed by atoms with Gasteiger partial charge in [-0.2, -0.15) is 13.2 Å². The smallest absolute Gasteiger partial charge is 0.382 e. The zero-order valence-electron chi connectivity index (χ0n) is 18.1. The normalized spacial score (nSPS) is 22.6. The lowest BCUT2D eigenvalue weighted by atomic mass is 9.90. The Bertz CT molecular complexity index is 928. The second kappa shape index (κ2) is 10.1. The Morgan fingerprint density at radius 1 is 1.03 bits per heavy atom. The topological polar surface area (TPSA) is 63.2 Å². The molecule has 174 valence electrons. The number of aromatic nitrogens is 1. The zero-order chi connectivity index (χ0) is 22.6. The van der Waals surface area contributed by atoms with E-state index >= 15 is 0 Å². The second-order valence-corrected chi connectivity index (χ2v) is 8.91. The van der Waals surface area contributed by atoms with Crippen molar-refractivity contribution in [2.75, 3.05) is 11.9 Å². The van der Waals surface area contributed by atoms with E-state index in [4.69, 9.17) is 4.74 Å². The van der Waals surface area contributed by atoms with Gasteiger partial charge in [-0.3, -0.25) is 4.79 Å². The summed E-state index contributed by atoms with van der Waals surface area (Å²) in [5, 5.41) is 7.01. The number of benzene rings is 1. The Balaban J connectivity index is 1.37. The summed E-state index contributed by atoms with van der Waals surface area (Å²) in [7, 11) is 0. The molecule has 2 aliphatic carbocycles. The predicted octanol–water partition coefficient (Wildman–Crippen LogP) is 5.44. The van der Waals surface area contributed by atoms with E-state index in [1.54, 1.807) is 24.3 Å². The highest BCUT2D eigenvalue weighted by molar-refractivity contribution is 5.91. The van der Waals surface area contributed by atoms with Gasteiger partial charge in [0.25, 0.3) is 0 Å². The summed E-state index contributed by atoms with van der Waals surface area (Å²) in [4.78, 5) is 16.1. The summed E-state index contributed by atoms with van der Waals surface area (Å²) >= 11 is 0. The Kier molecular flexibility index (Phi) is 7.18. The van der Waals surface area contributed by atoms with Gasteiger partial charge in [-0.15, -0.1) is 0 Å². The van der Waals surface area contributed by atoms with Crippen LogP contribution in [-0.2, 0) is 15.7 Å². The largest absolute Gasteiger partial charge is 0.433 e. The fraction of sp³-hybridized carbons (Fsp3) is 0.583. The van der Waals surface area contributed by atoms with Gasteiger partial charge in [-0.25, -0.2) is 4.98 Å². The number of hydrogen-bond donors (Lipinski definition) is 2. The summed E-state index contributed by atoms with van der Waals surface area (Å²) < 4.78 is 45.8. The molecule has 8 heteroatoms. The third kappa shape index (κ3) is 5.91. The number of amides is 1. The number of rotatable bonds is 6. The Morgan fingerprint density at radius 3 is 2.56 bits per heavy atom. The van der Waals surface area contributed by atoms with Gasteiger partial charge >= 0.3 is 6.18 Å². The van der Waals surface area contributed by atoms with Crippen molar-refractivity contribution in [3.8, 4) is 0 Å². The number of pyridine rings is 1. The minimum absolute atomic E-state index is 0.0149. The van der Waals surface area contributed by atoms with E-state index in [-0.39, 0.29) is 30.7 Å². The summed E-state index contributed by atoms with van der Waals surface area (Å²) in [5.41, 5.74) is -0.162. The fourth-order valence-electron chi connectivity index (χ4n) is 4.81. The average molecular weight is 450 g/mol. The van der Waals surface area contributed by atoms with Gasteiger partial charge in [0.1, 0.15) is 12.3 Å². The first-order valence-electron chi connectivity index (χ1n) is 11.5. The molecule has 5 nitrogen and oxygen atoms in total. The molecule has 32 heavy (non-hydrogen) atoms. The van der Waals surface area contributed by atoms with Gasteiger partial charge in [0.05, 0.1) is 11.6 Å². The fourth-order valence-corrected chi connectivity index (χ4v) is 4.81. The maximum absolute atomic E-state index is 13.3. The molecule has 2 aromatic rings. The van der Waals surface area contributed by atoms with Crippen LogP contribution < -0.4 is 10.6 Å². The van der Waals surface area contributed by atoms with E-state index in [2.05, 4.69) is 15.6 Å². The third-order valence-electron chi connectivity index (χ3n) is 6.41. The van der Waals surface area contributed by atoms with Gasteiger partial charge < -0.3 is 15.4 Å². The molecule has 1 amide bonds. The van der Waals surface area contributed by atoms with E-state index in [9.17, 15) is 18.0 Å². The highest BCUT2D eigenvalue weighted by atomic mass is 19.4. The van der Waals surface area contributed by atoms with E-state index in [0.29, 0.717) is 23.0 Å². The van der Waals surface area contributed by atoms with Crippen molar-refractivity contribution in [2.24, 2.45) is 0 Å². The number of carbonyl (C=O) groups excluding carboxylic acids is 1. The van der Waals surface area contributed by atoms with Crippen molar-refractivity contribution in [2.45, 2.75) is 82.2 Å². The molecule has 4 rings (SSSR count). The maximum atomic E-state index is 13.3. The highest BCUT2D eigenvalue weighted by Gasteiger charge is 2.34. The summed E-state index contributed by atoms with van der Waals surface area (Å²) in [6, 6.07) is 7.88. The number of ether oxygens (including phenoxy) is 1. The number of para-hydroxylation sites is 1. The van der Waals surface area contributed by atoms with Crippen LogP contribution in [0, 0.1) is 0 Å². The quantitative estimate of drug-likeness (QED) is 0.616. The number of halogens is 3. The number of nitrogens with zero attached hydrogens (tertiary/aromatic N) is 1. The van der Waals surface area contributed by atoms with E-state index < -0.39 is 11.9 Å². The number of alkyl halides is 3. The molecule has 0 spiro atoms. The van der Waals surface area contributed by atoms with Gasteiger partial charge in [0.15, 0.2) is 0 Å². The van der Waals surface area contributed by atoms with Crippen molar-refractivity contribution < 1.29 is 22.7 Å². The molecule has 2 fully saturated rings. The zero-order valence-corrected chi connectivity index (χ0v) is 18.1. The Morgan fingerprint density at radius 2 is 1.78 bits per heavy atom. The van der Waals surface area contributed by atoms with E-state index in [0.717, 1.165) is 51.0 Å². The van der Waals surface area contributed by atoms with Crippen molar-refractivity contribution in [3.05, 3.63) is 36.0 Å². The summed E-state index contributed by atoms with van der Waals surface area (Å²) in [5.74, 6) is -0.116. The molecular formula is C24H30F3N3O2. The molecule has 0 bridgehead atoms. The van der Waals surface area contributed by atoms with E-state index in [1.807, 2.05) is 0 Å². The lowest BCUT2D eigenvalue weighted by Crippen LogP contribution is -2.43. The Labute approximate surface area is 186 Å². The van der Waals surface area contributed by atoms with Gasteiger partial charge in [0.2, 0.25) is 5.91 Å². The van der Waals surface area contributed by atoms with Crippen molar-refractivity contribution >= 4 is 22.5 Å². The number of anilines is 1. The number of hydrogen-bond acceptors (Lipinski definition) is 4. The van der Waals surface area contributed by atoms with Crippen LogP contribution >= 0.6 is 0 Å². The van der Waals surface area contributed by atoms with Crippen LogP contribution in [0.2, 0.25) is 0 Å². The monoisotopic (exact) mass is 449 g/mol. The molecule has 2 atom stereocenters. The predicted molar refractivity (Wildman–Crippen MR) is 117 cm³/mol. The van der Waals surface area contributed by atoms with Crippen molar-refractivity contribution in [1.29, 1.82) is 0 Å². The lowest BCUT2D eigenvalue weighted by molar-refractivity contribution is -0.141. The summed E-state index contributed by atoms with van der Waals surface area (Å²) in [6.07, 6.45) is 4.49. The van der Waals surface area contributed by atoms with Gasteiger partial charge in [0, 0.05) is 23.2 Å². The highest BCUT2D eigenvalue weighted by Crippen LogP contribution is 2.34. The standard InChI is InChI=1S/C24H30F3N3O2/c25-24(26,27)22-14-21(19-11-4-5-12-20(19)30-22)28-16-7-6-8-17(13-16)29-23(31)15-32-18-9-2-1-3-10-18/h4-5,11-12,14,16-18H,1-3,6-10,13,15H2,(H,28,30)(H,29,31)/t16-,17+/m0/s1. The van der Waals surface area contributed by atoms with Gasteiger partial charge in [-0.05, 0) is 50.7 Å². The molecule has 1 heterocycles. The molecule has 2 aliphatic rings. The minimum atomic E-state index is -4.51. The molecular weight excluding hydrogens is 419 g/mol. The molecule has 0 radical (unpaired) electrons. The Hall–Kier alpha value is -2.35. The first-order valence-corrected chi connectivity index (χ1v) is 11.5. The van der Waals surface area contributed by atoms with Crippen LogP contribution in [0.1, 0.15) is 63.5 Å². The number of fused-ring (bicyclic) bond motifs is 1. The van der Waals surface area contributed by atoms with Crippen LogP contribution in [0.15, 0.2) is 30.3 Å². The second-order valence-electron chi connectivity index (χ2n) is 8.91. The van der Waals surface area contributed by atoms with E-state index in [1.165, 1.54) is 6.42 Å². The molecule has 0 aliphatic heterocycles. The van der Waals surface area contributed by atoms with Crippen LogP contribution in [0.3, 0.4) is 0 Å². The van der Waals surface area contributed by atoms with Crippen molar-refractivity contribution in [3.63, 3.8) is 0 Å². The van der Waals surface area contributed by atoms with Crippen LogP contribution in [-0.4, -0.2) is 35.7 Å². The minimum Gasteiger partial charge on any atom is -0.382 e. The molecule has 0 unspecified atom stereocenters. The van der Waals surface area contributed by atoms with Gasteiger partial charge in [-0.1, -0.05) is 37.5 Å². The van der Waals surface area contributed by atoms with Crippen LogP contribution in [0.25, 0.3) is 10.9 Å². The SMILES string of the molecule is O=C(COC1CCCCC1)N[C@@H]1CCC[C@H](Nc2cc(C(F)(F)F)nc3ccccc23)C1. The summed E-state index contributed by atoms with van der Waals surface area (Å²) in [6.45, 7) is 0.0726. The molecule has 2 N–H and O–H groups in total. The first-order chi connectivity index (χ1) is 15.4. The average Bonchev–Trinajstić information content (AvgIpc) is 2.78. The first kappa shape index (κ1) is 22.8. The lowest BCUT2D eigenvalue weighted by Gasteiger charge is -2.31. The van der Waals surface area contributed by atoms with Crippen molar-refractivity contribution in [1.82, 2.24) is 10.3 Å². The maximum Gasteiger partial charge on any atom is 0.433 e. The molecule has 1 aromatic heterocycles. The molecule has 1 aromatic carbocycles.